The van der Waals surface area contributed by atoms with Crippen LogP contribution in [0.25, 0.3) is 11.3 Å². The van der Waals surface area contributed by atoms with Gasteiger partial charge in [0.1, 0.15) is 0 Å². The summed E-state index contributed by atoms with van der Waals surface area (Å²) in [7, 11) is -1.07. The third-order valence-electron chi connectivity index (χ3n) is 3.97. The van der Waals surface area contributed by atoms with E-state index in [1.54, 1.807) is 47.9 Å². The van der Waals surface area contributed by atoms with Crippen LogP contribution in [0, 0.1) is 0 Å². The monoisotopic (exact) mass is 478 g/mol. The van der Waals surface area contributed by atoms with Gasteiger partial charge in [-0.15, -0.1) is 11.3 Å². The zero-order valence-electron chi connectivity index (χ0n) is 19.2. The van der Waals surface area contributed by atoms with Crippen molar-refractivity contribution in [1.82, 2.24) is 4.98 Å². The summed E-state index contributed by atoms with van der Waals surface area (Å²) < 4.78 is 11.4. The van der Waals surface area contributed by atoms with Crippen molar-refractivity contribution in [2.24, 2.45) is 0 Å². The second-order valence-electron chi connectivity index (χ2n) is 6.35. The van der Waals surface area contributed by atoms with E-state index in [1.165, 1.54) is 0 Å². The average Bonchev–Trinajstić information content (AvgIpc) is 3.27. The van der Waals surface area contributed by atoms with E-state index < -0.39 is 10.8 Å². The van der Waals surface area contributed by atoms with Crippen LogP contribution in [0.1, 0.15) is 62.8 Å². The van der Waals surface area contributed by atoms with Crippen molar-refractivity contribution in [3.05, 3.63) is 63.4 Å². The normalized spacial score (nSPS) is 11.0. The fourth-order valence-corrected chi connectivity index (χ4v) is 4.11. The highest BCUT2D eigenvalue weighted by molar-refractivity contribution is 7.84. The van der Waals surface area contributed by atoms with Crippen LogP contribution in [-0.2, 0) is 10.8 Å². The van der Waals surface area contributed by atoms with Crippen LogP contribution in [0.2, 0.25) is 5.02 Å². The lowest BCUT2D eigenvalue weighted by Crippen LogP contribution is -2.11. The number of aromatic nitrogens is 1. The molecule has 168 valence electrons. The van der Waals surface area contributed by atoms with Crippen LogP contribution < -0.4 is 5.32 Å². The van der Waals surface area contributed by atoms with Gasteiger partial charge in [0.2, 0.25) is 0 Å². The van der Waals surface area contributed by atoms with Gasteiger partial charge in [-0.2, -0.15) is 0 Å². The molecule has 1 aromatic heterocycles. The predicted molar refractivity (Wildman–Crippen MR) is 136 cm³/mol. The summed E-state index contributed by atoms with van der Waals surface area (Å²) in [6, 6.07) is 12.1. The molecule has 1 atom stereocenters. The van der Waals surface area contributed by atoms with Crippen molar-refractivity contribution in [1.29, 1.82) is 0 Å². The smallest absolute Gasteiger partial charge is 0.255 e. The Labute approximate surface area is 197 Å². The van der Waals surface area contributed by atoms with Gasteiger partial charge in [-0.1, -0.05) is 53.1 Å². The van der Waals surface area contributed by atoms with Gasteiger partial charge >= 0.3 is 0 Å². The molecule has 2 aromatic carbocycles. The summed E-state index contributed by atoms with van der Waals surface area (Å²) in [6.45, 7) is 12.2. The Morgan fingerprint density at radius 2 is 1.68 bits per heavy atom. The summed E-state index contributed by atoms with van der Waals surface area (Å²) in [5.74, 6) is 0.126. The molecule has 7 heteroatoms. The highest BCUT2D eigenvalue weighted by Crippen LogP contribution is 2.32. The first-order valence-corrected chi connectivity index (χ1v) is 13.2. The minimum Gasteiger partial charge on any atom is -0.322 e. The second-order valence-corrected chi connectivity index (χ2v) is 9.03. The van der Waals surface area contributed by atoms with E-state index in [1.807, 2.05) is 45.2 Å². The lowest BCUT2D eigenvalue weighted by Gasteiger charge is -2.08. The third-order valence-corrected chi connectivity index (χ3v) is 6.36. The molecule has 1 N–H and O–H groups in total. The maximum atomic E-state index is 12.4. The van der Waals surface area contributed by atoms with E-state index >= 15 is 0 Å². The molecule has 1 amide bonds. The van der Waals surface area contributed by atoms with E-state index in [2.05, 4.69) is 24.1 Å². The second kappa shape index (κ2) is 13.4. The predicted octanol–water partition coefficient (Wildman–Crippen LogP) is 7.63. The Bertz CT molecular complexity index is 999. The van der Waals surface area contributed by atoms with E-state index in [9.17, 15) is 9.00 Å². The molecule has 3 rings (SSSR count). The molecule has 0 bridgehead atoms. The molecule has 31 heavy (non-hydrogen) atoms. The summed E-state index contributed by atoms with van der Waals surface area (Å²) in [6.07, 6.45) is 1.60. The van der Waals surface area contributed by atoms with E-state index in [0.717, 1.165) is 16.3 Å². The average molecular weight is 479 g/mol. The van der Waals surface area contributed by atoms with Crippen molar-refractivity contribution < 1.29 is 9.00 Å². The van der Waals surface area contributed by atoms with Crippen molar-refractivity contribution in [2.45, 2.75) is 52.4 Å². The third kappa shape index (κ3) is 7.56. The molecule has 0 aliphatic heterocycles. The molecule has 3 aromatic rings. The van der Waals surface area contributed by atoms with Crippen molar-refractivity contribution >= 4 is 45.3 Å². The van der Waals surface area contributed by atoms with Gasteiger partial charge in [0.25, 0.3) is 5.91 Å². The Hall–Kier alpha value is -2.02. The molecule has 0 radical (unpaired) electrons. The molecule has 0 aliphatic rings. The topological polar surface area (TPSA) is 59.1 Å². The first-order chi connectivity index (χ1) is 14.8. The van der Waals surface area contributed by atoms with Crippen LogP contribution in [0.15, 0.2) is 52.7 Å². The molecular weight excluding hydrogens is 448 g/mol. The minimum absolute atomic E-state index is 0.247. The van der Waals surface area contributed by atoms with Crippen molar-refractivity contribution in [3.8, 4) is 11.3 Å². The van der Waals surface area contributed by atoms with Crippen molar-refractivity contribution in [3.63, 3.8) is 0 Å². The first-order valence-electron chi connectivity index (χ1n) is 10.4. The van der Waals surface area contributed by atoms with Crippen LogP contribution in [0.4, 0.5) is 5.69 Å². The number of nitrogens with one attached hydrogen (secondary N) is 1. The van der Waals surface area contributed by atoms with Gasteiger partial charge in [-0.3, -0.25) is 9.00 Å². The molecule has 0 saturated carbocycles. The minimum atomic E-state index is -1.07. The number of amides is 1. The number of hydrogen-bond acceptors (Lipinski definition) is 4. The Kier molecular flexibility index (Phi) is 11.7. The fraction of sp³-hybridized carbons (Fsp3) is 0.333. The summed E-state index contributed by atoms with van der Waals surface area (Å²) in [5.41, 5.74) is 2.78. The molecule has 0 spiro atoms. The van der Waals surface area contributed by atoms with E-state index in [-0.39, 0.29) is 5.91 Å². The molecule has 1 heterocycles. The Morgan fingerprint density at radius 3 is 2.16 bits per heavy atom. The largest absolute Gasteiger partial charge is 0.322 e. The standard InChI is InChI=1S/C20H19ClN2O2S2.2C2H6/c1-12(2)20-23-18(11-26-20)16-9-6-14(10-17(16)21)22-19(24)13-4-7-15(8-5-13)27(3)25;2*1-2/h4-12H,1-3H3,(H,22,24);2*1-2H3. The number of rotatable bonds is 5. The number of hydrogen-bond donors (Lipinski definition) is 1. The Morgan fingerprint density at radius 1 is 1.06 bits per heavy atom. The zero-order chi connectivity index (χ0) is 23.6. The Balaban J connectivity index is 0.00000113. The van der Waals surface area contributed by atoms with Crippen molar-refractivity contribution in [2.75, 3.05) is 11.6 Å². The SMILES string of the molecule is CC.CC.CC(C)c1nc(-c2ccc(NC(=O)c3ccc(S(C)=O)cc3)cc2Cl)cs1. The molecular formula is C24H31ClN2O2S2. The molecule has 1 unspecified atom stereocenters. The number of nitrogens with zero attached hydrogens (tertiary/aromatic N) is 1. The molecule has 0 fully saturated rings. The quantitative estimate of drug-likeness (QED) is 0.410. The van der Waals surface area contributed by atoms with Crippen LogP contribution in [0.5, 0.6) is 0 Å². The number of carbonyl (C=O) groups excluding carboxylic acids is 1. The van der Waals surface area contributed by atoms with Crippen LogP contribution in [0.3, 0.4) is 0 Å². The fourth-order valence-electron chi connectivity index (χ4n) is 2.48. The van der Waals surface area contributed by atoms with E-state index in [0.29, 0.717) is 27.1 Å². The lowest BCUT2D eigenvalue weighted by molar-refractivity contribution is 0.102. The summed E-state index contributed by atoms with van der Waals surface area (Å²) in [4.78, 5) is 17.7. The first kappa shape index (κ1) is 27.0. The van der Waals surface area contributed by atoms with Gasteiger partial charge in [0.05, 0.1) is 15.7 Å². The van der Waals surface area contributed by atoms with Gasteiger partial charge in [-0.05, 0) is 42.5 Å². The number of carbonyl (C=O) groups is 1. The highest BCUT2D eigenvalue weighted by atomic mass is 35.5. The van der Waals surface area contributed by atoms with Crippen LogP contribution in [-0.4, -0.2) is 21.4 Å². The lowest BCUT2D eigenvalue weighted by atomic mass is 10.1. The van der Waals surface area contributed by atoms with Gasteiger partial charge in [0.15, 0.2) is 0 Å². The number of halogens is 1. The van der Waals surface area contributed by atoms with Gasteiger partial charge < -0.3 is 5.32 Å². The number of benzene rings is 2. The number of anilines is 1. The van der Waals surface area contributed by atoms with Gasteiger partial charge in [-0.25, -0.2) is 4.98 Å². The molecule has 4 nitrogen and oxygen atoms in total. The van der Waals surface area contributed by atoms with Gasteiger partial charge in [0, 0.05) is 50.1 Å². The molecule has 0 saturated heterocycles. The zero-order valence-corrected chi connectivity index (χ0v) is 21.5. The maximum absolute atomic E-state index is 12.4. The summed E-state index contributed by atoms with van der Waals surface area (Å²) >= 11 is 8.03. The molecule has 0 aliphatic carbocycles. The summed E-state index contributed by atoms with van der Waals surface area (Å²) in [5, 5.41) is 6.42. The van der Waals surface area contributed by atoms with Crippen LogP contribution >= 0.6 is 22.9 Å². The van der Waals surface area contributed by atoms with E-state index in [4.69, 9.17) is 11.6 Å². The highest BCUT2D eigenvalue weighted by Gasteiger charge is 2.12. The number of thiazole rings is 1. The maximum Gasteiger partial charge on any atom is 0.255 e.